The number of methoxy groups -OCH3 is 1. The van der Waals surface area contributed by atoms with E-state index in [9.17, 15) is 9.82 Å². The molecule has 1 rings (SSSR count). The second-order valence-electron chi connectivity index (χ2n) is 2.61. The highest BCUT2D eigenvalue weighted by molar-refractivity contribution is 6.59. The normalized spacial score (nSPS) is 9.64. The molecule has 0 saturated heterocycles. The Bertz CT molecular complexity index is 331. The van der Waals surface area contributed by atoms with E-state index in [1.807, 2.05) is 0 Å². The van der Waals surface area contributed by atoms with Gasteiger partial charge in [0.15, 0.2) is 0 Å². The first kappa shape index (κ1) is 10.7. The number of rotatable bonds is 3. The van der Waals surface area contributed by atoms with Gasteiger partial charge in [-0.1, -0.05) is 12.1 Å². The molecule has 6 heteroatoms. The van der Waals surface area contributed by atoms with Crippen molar-refractivity contribution in [3.05, 3.63) is 29.8 Å². The first-order valence-corrected chi connectivity index (χ1v) is 3.91. The van der Waals surface area contributed by atoms with Crippen LogP contribution in [-0.4, -0.2) is 25.2 Å². The number of hydrogen-bond acceptors (Lipinski definition) is 5. The SMILES string of the molecule is COC(=O)c1cccc(B(O)ON)c1. The molecular formula is C8H10BNO4. The zero-order valence-corrected chi connectivity index (χ0v) is 7.64. The molecule has 0 bridgehead atoms. The van der Waals surface area contributed by atoms with Crippen LogP contribution in [0, 0.1) is 0 Å². The van der Waals surface area contributed by atoms with Crippen LogP contribution in [0.4, 0.5) is 0 Å². The lowest BCUT2D eigenvalue weighted by Crippen LogP contribution is -2.36. The van der Waals surface area contributed by atoms with E-state index in [-0.39, 0.29) is 0 Å². The van der Waals surface area contributed by atoms with E-state index in [0.29, 0.717) is 11.0 Å². The van der Waals surface area contributed by atoms with Crippen LogP contribution in [0.15, 0.2) is 24.3 Å². The molecule has 0 aliphatic carbocycles. The molecule has 0 heterocycles. The topological polar surface area (TPSA) is 81.8 Å². The standard InChI is InChI=1S/C8H10BNO4/c1-13-8(11)6-3-2-4-7(5-6)9(12)14-10/h2-5,12H,10H2,1H3. The summed E-state index contributed by atoms with van der Waals surface area (Å²) in [5, 5.41) is 9.21. The molecule has 0 aliphatic rings. The molecule has 1 aromatic carbocycles. The lowest BCUT2D eigenvalue weighted by Gasteiger charge is -2.04. The first-order valence-electron chi connectivity index (χ1n) is 3.91. The number of hydrogen-bond donors (Lipinski definition) is 2. The summed E-state index contributed by atoms with van der Waals surface area (Å²) in [5.74, 6) is 4.32. The highest BCUT2D eigenvalue weighted by atomic mass is 16.6. The average Bonchev–Trinajstić information content (AvgIpc) is 2.27. The summed E-state index contributed by atoms with van der Waals surface area (Å²) in [6.07, 6.45) is 0. The molecule has 0 fully saturated rings. The summed E-state index contributed by atoms with van der Waals surface area (Å²) in [4.78, 5) is 11.1. The minimum Gasteiger partial charge on any atom is -0.465 e. The fourth-order valence-corrected chi connectivity index (χ4v) is 1.02. The highest BCUT2D eigenvalue weighted by Crippen LogP contribution is 1.99. The molecule has 0 atom stereocenters. The van der Waals surface area contributed by atoms with Gasteiger partial charge in [0.05, 0.1) is 12.7 Å². The predicted octanol–water partition coefficient (Wildman–Crippen LogP) is -0.949. The van der Waals surface area contributed by atoms with Crippen molar-refractivity contribution in [2.24, 2.45) is 5.90 Å². The van der Waals surface area contributed by atoms with Gasteiger partial charge in [0.1, 0.15) is 0 Å². The molecule has 3 N–H and O–H groups in total. The van der Waals surface area contributed by atoms with Crippen LogP contribution in [0.25, 0.3) is 0 Å². The quantitative estimate of drug-likeness (QED) is 0.369. The Morgan fingerprint density at radius 2 is 2.29 bits per heavy atom. The minimum absolute atomic E-state index is 0.334. The maximum Gasteiger partial charge on any atom is 0.508 e. The van der Waals surface area contributed by atoms with Crippen molar-refractivity contribution in [2.75, 3.05) is 7.11 Å². The number of carbonyl (C=O) groups is 1. The zero-order valence-electron chi connectivity index (χ0n) is 7.64. The summed E-state index contributed by atoms with van der Waals surface area (Å²) < 4.78 is 8.72. The number of ether oxygens (including phenoxy) is 1. The van der Waals surface area contributed by atoms with E-state index in [4.69, 9.17) is 5.90 Å². The second-order valence-corrected chi connectivity index (χ2v) is 2.61. The van der Waals surface area contributed by atoms with Crippen molar-refractivity contribution in [1.82, 2.24) is 0 Å². The number of esters is 1. The van der Waals surface area contributed by atoms with Gasteiger partial charge in [0, 0.05) is 0 Å². The van der Waals surface area contributed by atoms with Gasteiger partial charge in [-0.2, -0.15) is 0 Å². The Labute approximate surface area is 81.5 Å². The summed E-state index contributed by atoms with van der Waals surface area (Å²) in [6.45, 7) is 0. The molecule has 0 spiro atoms. The molecule has 0 aromatic heterocycles. The number of carbonyl (C=O) groups excluding carboxylic acids is 1. The third-order valence-corrected chi connectivity index (χ3v) is 1.72. The van der Waals surface area contributed by atoms with E-state index in [2.05, 4.69) is 9.49 Å². The van der Waals surface area contributed by atoms with Crippen LogP contribution >= 0.6 is 0 Å². The fourth-order valence-electron chi connectivity index (χ4n) is 1.02. The predicted molar refractivity (Wildman–Crippen MR) is 50.7 cm³/mol. The number of nitrogens with two attached hydrogens (primary N) is 1. The van der Waals surface area contributed by atoms with Crippen LogP contribution < -0.4 is 11.4 Å². The van der Waals surface area contributed by atoms with Crippen molar-refractivity contribution < 1.29 is 19.3 Å². The summed E-state index contributed by atoms with van der Waals surface area (Å²) in [5.41, 5.74) is 0.733. The van der Waals surface area contributed by atoms with E-state index < -0.39 is 13.1 Å². The summed E-state index contributed by atoms with van der Waals surface area (Å²) in [7, 11) is 0.0461. The summed E-state index contributed by atoms with van der Waals surface area (Å²) in [6, 6.07) is 6.20. The highest BCUT2D eigenvalue weighted by Gasteiger charge is 2.16. The van der Waals surface area contributed by atoms with Crippen molar-refractivity contribution in [3.8, 4) is 0 Å². The first-order chi connectivity index (χ1) is 6.69. The fraction of sp³-hybridized carbons (Fsp3) is 0.125. The molecule has 0 radical (unpaired) electrons. The van der Waals surface area contributed by atoms with Crippen LogP contribution in [-0.2, 0) is 9.49 Å². The Morgan fingerprint density at radius 3 is 2.86 bits per heavy atom. The van der Waals surface area contributed by atoms with E-state index in [1.165, 1.54) is 13.2 Å². The van der Waals surface area contributed by atoms with E-state index in [0.717, 1.165) is 0 Å². The maximum atomic E-state index is 11.1. The maximum absolute atomic E-state index is 11.1. The van der Waals surface area contributed by atoms with E-state index in [1.54, 1.807) is 18.2 Å². The third kappa shape index (κ3) is 2.32. The minimum atomic E-state index is -1.24. The molecule has 0 amide bonds. The molecule has 5 nitrogen and oxygen atoms in total. The average molecular weight is 195 g/mol. The van der Waals surface area contributed by atoms with Gasteiger partial charge in [-0.05, 0) is 17.6 Å². The second kappa shape index (κ2) is 4.76. The molecule has 0 saturated carbocycles. The largest absolute Gasteiger partial charge is 0.508 e. The van der Waals surface area contributed by atoms with Crippen LogP contribution in [0.2, 0.25) is 0 Å². The van der Waals surface area contributed by atoms with Crippen molar-refractivity contribution in [3.63, 3.8) is 0 Å². The van der Waals surface area contributed by atoms with Crippen LogP contribution in [0.1, 0.15) is 10.4 Å². The lowest BCUT2D eigenvalue weighted by atomic mass is 9.79. The van der Waals surface area contributed by atoms with Gasteiger partial charge >= 0.3 is 13.1 Å². The Hall–Kier alpha value is -1.37. The summed E-state index contributed by atoms with van der Waals surface area (Å²) >= 11 is 0. The van der Waals surface area contributed by atoms with Crippen LogP contribution in [0.5, 0.6) is 0 Å². The van der Waals surface area contributed by atoms with Gasteiger partial charge in [-0.15, -0.1) is 0 Å². The van der Waals surface area contributed by atoms with Crippen molar-refractivity contribution in [2.45, 2.75) is 0 Å². The molecule has 0 unspecified atom stereocenters. The zero-order chi connectivity index (χ0) is 10.6. The number of benzene rings is 1. The smallest absolute Gasteiger partial charge is 0.465 e. The van der Waals surface area contributed by atoms with Gasteiger partial charge in [-0.25, -0.2) is 10.7 Å². The van der Waals surface area contributed by atoms with Crippen molar-refractivity contribution >= 4 is 18.6 Å². The Kier molecular flexibility index (Phi) is 3.64. The molecule has 1 aromatic rings. The molecule has 14 heavy (non-hydrogen) atoms. The van der Waals surface area contributed by atoms with Gasteiger partial charge in [0.25, 0.3) is 0 Å². The molecule has 0 aliphatic heterocycles. The lowest BCUT2D eigenvalue weighted by molar-refractivity contribution is 0.0601. The Balaban J connectivity index is 2.95. The third-order valence-electron chi connectivity index (χ3n) is 1.72. The van der Waals surface area contributed by atoms with Crippen LogP contribution in [0.3, 0.4) is 0 Å². The van der Waals surface area contributed by atoms with Gasteiger partial charge < -0.3 is 14.5 Å². The monoisotopic (exact) mass is 195 g/mol. The van der Waals surface area contributed by atoms with E-state index >= 15 is 0 Å². The van der Waals surface area contributed by atoms with Crippen molar-refractivity contribution in [1.29, 1.82) is 0 Å². The molecule has 74 valence electrons. The van der Waals surface area contributed by atoms with Gasteiger partial charge in [-0.3, -0.25) is 0 Å². The molecular weight excluding hydrogens is 185 g/mol. The van der Waals surface area contributed by atoms with Gasteiger partial charge in [0.2, 0.25) is 0 Å². The Morgan fingerprint density at radius 1 is 1.57 bits per heavy atom.